The Morgan fingerprint density at radius 2 is 1.14 bits per heavy atom. The second-order valence-electron chi connectivity index (χ2n) is 4.20. The van der Waals surface area contributed by atoms with E-state index in [1.54, 1.807) is 0 Å². The molecular formula is C9H12F7KO3S. The van der Waals surface area contributed by atoms with E-state index >= 15 is 0 Å². The zero-order chi connectivity index (χ0) is 16.2. The average Bonchev–Trinajstić information content (AvgIpc) is 2.19. The van der Waals surface area contributed by atoms with Gasteiger partial charge in [0.25, 0.3) is 0 Å². The molecule has 0 heterocycles. The van der Waals surface area contributed by atoms with Gasteiger partial charge in [-0.3, -0.25) is 0 Å². The van der Waals surface area contributed by atoms with Crippen LogP contribution in [-0.4, -0.2) is 30.3 Å². The average molecular weight is 372 g/mol. The molecule has 0 aromatic carbocycles. The van der Waals surface area contributed by atoms with Crippen molar-refractivity contribution in [1.82, 2.24) is 0 Å². The molecule has 0 rings (SSSR count). The standard InChI is InChI=1S/C9H13F7O3S.K/c10-7(11,9(15,16)20(17,18)19)5-3-1-2-4-6-8(12,13)14;/h1-6H2,(H,17,18,19);/q;+1/p-1. The van der Waals surface area contributed by atoms with E-state index in [2.05, 4.69) is 0 Å². The van der Waals surface area contributed by atoms with Crippen LogP contribution in [0.15, 0.2) is 0 Å². The molecule has 0 aromatic rings. The largest absolute Gasteiger partial charge is 1.00 e. The summed E-state index contributed by atoms with van der Waals surface area (Å²) >= 11 is 0. The molecule has 0 aliphatic heterocycles. The Hall–Kier alpha value is 1.06. The van der Waals surface area contributed by atoms with E-state index in [9.17, 15) is 43.7 Å². The van der Waals surface area contributed by atoms with Gasteiger partial charge < -0.3 is 4.55 Å². The molecule has 3 nitrogen and oxygen atoms in total. The maximum absolute atomic E-state index is 12.9. The van der Waals surface area contributed by atoms with Crippen molar-refractivity contribution in [2.45, 2.75) is 55.9 Å². The topological polar surface area (TPSA) is 57.2 Å². The Bertz CT molecular complexity index is 408. The Morgan fingerprint density at radius 3 is 1.48 bits per heavy atom. The fourth-order valence-electron chi connectivity index (χ4n) is 1.35. The second-order valence-corrected chi connectivity index (χ2v) is 5.63. The van der Waals surface area contributed by atoms with Gasteiger partial charge >= 0.3 is 68.7 Å². The molecule has 0 amide bonds. The smallest absolute Gasteiger partial charge is 0.743 e. The molecule has 0 aliphatic carbocycles. The normalized spacial score (nSPS) is 13.9. The summed E-state index contributed by atoms with van der Waals surface area (Å²) < 4.78 is 116. The fraction of sp³-hybridized carbons (Fsp3) is 1.00. The van der Waals surface area contributed by atoms with Crippen molar-refractivity contribution in [3.63, 3.8) is 0 Å². The van der Waals surface area contributed by atoms with Gasteiger partial charge in [0.1, 0.15) is 0 Å². The molecule has 0 unspecified atom stereocenters. The molecule has 0 spiro atoms. The van der Waals surface area contributed by atoms with E-state index in [1.165, 1.54) is 0 Å². The molecule has 0 bridgehead atoms. The number of halogens is 7. The summed E-state index contributed by atoms with van der Waals surface area (Å²) in [6, 6.07) is 0. The van der Waals surface area contributed by atoms with Crippen molar-refractivity contribution in [1.29, 1.82) is 0 Å². The molecule has 0 aromatic heterocycles. The Labute approximate surface area is 159 Å². The van der Waals surface area contributed by atoms with Gasteiger partial charge in [-0.05, 0) is 12.8 Å². The monoisotopic (exact) mass is 372 g/mol. The second kappa shape index (κ2) is 8.78. The molecule has 0 saturated carbocycles. The first kappa shape index (κ1) is 24.3. The molecule has 0 aliphatic rings. The van der Waals surface area contributed by atoms with Gasteiger partial charge in [-0.1, -0.05) is 12.8 Å². The van der Waals surface area contributed by atoms with Gasteiger partial charge in [0.2, 0.25) is 0 Å². The summed E-state index contributed by atoms with van der Waals surface area (Å²) in [7, 11) is -6.51. The van der Waals surface area contributed by atoms with E-state index < -0.39 is 46.7 Å². The first-order valence-electron chi connectivity index (χ1n) is 5.48. The third-order valence-electron chi connectivity index (χ3n) is 2.44. The van der Waals surface area contributed by atoms with Crippen LogP contribution >= 0.6 is 0 Å². The van der Waals surface area contributed by atoms with Gasteiger partial charge in [0.05, 0.1) is 0 Å². The predicted molar refractivity (Wildman–Crippen MR) is 53.3 cm³/mol. The number of unbranched alkanes of at least 4 members (excludes halogenated alkanes) is 3. The number of hydrogen-bond acceptors (Lipinski definition) is 3. The molecule has 0 saturated heterocycles. The van der Waals surface area contributed by atoms with Crippen LogP contribution in [-0.2, 0) is 10.1 Å². The maximum atomic E-state index is 12.9. The summed E-state index contributed by atoms with van der Waals surface area (Å²) in [5.41, 5.74) is 0. The van der Waals surface area contributed by atoms with Crippen molar-refractivity contribution in [2.24, 2.45) is 0 Å². The van der Waals surface area contributed by atoms with Gasteiger partial charge in [0, 0.05) is 12.8 Å². The van der Waals surface area contributed by atoms with E-state index in [1.807, 2.05) is 0 Å². The Balaban J connectivity index is 0. The third kappa shape index (κ3) is 8.46. The minimum atomic E-state index is -6.51. The minimum Gasteiger partial charge on any atom is -0.743 e. The fourth-order valence-corrected chi connectivity index (χ4v) is 1.82. The van der Waals surface area contributed by atoms with Crippen molar-refractivity contribution in [3.05, 3.63) is 0 Å². The minimum absolute atomic E-state index is 0. The van der Waals surface area contributed by atoms with Crippen LogP contribution in [0.4, 0.5) is 30.7 Å². The molecular weight excluding hydrogens is 360 g/mol. The van der Waals surface area contributed by atoms with Gasteiger partial charge in [0.15, 0.2) is 10.1 Å². The summed E-state index contributed by atoms with van der Waals surface area (Å²) in [5.74, 6) is -5.04. The van der Waals surface area contributed by atoms with Crippen LogP contribution in [0.3, 0.4) is 0 Å². The zero-order valence-electron chi connectivity index (χ0n) is 11.0. The van der Waals surface area contributed by atoms with Crippen molar-refractivity contribution in [2.75, 3.05) is 0 Å². The van der Waals surface area contributed by atoms with Crippen LogP contribution < -0.4 is 51.4 Å². The summed E-state index contributed by atoms with van der Waals surface area (Å²) in [5, 5.41) is -5.73. The molecule has 0 fully saturated rings. The zero-order valence-corrected chi connectivity index (χ0v) is 15.0. The Kier molecular flexibility index (Phi) is 10.2. The molecule has 0 radical (unpaired) electrons. The predicted octanol–water partition coefficient (Wildman–Crippen LogP) is 0.667. The number of alkyl halides is 7. The van der Waals surface area contributed by atoms with Crippen molar-refractivity contribution in [3.8, 4) is 0 Å². The number of hydrogen-bond donors (Lipinski definition) is 0. The van der Waals surface area contributed by atoms with E-state index in [0.717, 1.165) is 0 Å². The SMILES string of the molecule is O=S(=O)([O-])C(F)(F)C(F)(F)CCCCCCC(F)(F)F.[K+]. The van der Waals surface area contributed by atoms with Crippen molar-refractivity contribution >= 4 is 10.1 Å². The summed E-state index contributed by atoms with van der Waals surface area (Å²) in [6.45, 7) is 0. The van der Waals surface area contributed by atoms with E-state index in [-0.39, 0.29) is 70.6 Å². The van der Waals surface area contributed by atoms with Crippen LogP contribution in [0.5, 0.6) is 0 Å². The molecule has 122 valence electrons. The molecule has 0 atom stereocenters. The van der Waals surface area contributed by atoms with Crippen LogP contribution in [0.25, 0.3) is 0 Å². The first-order valence-corrected chi connectivity index (χ1v) is 6.89. The Morgan fingerprint density at radius 1 is 0.762 bits per heavy atom. The van der Waals surface area contributed by atoms with Crippen molar-refractivity contribution < 1.29 is 95.1 Å². The molecule has 21 heavy (non-hydrogen) atoms. The first-order chi connectivity index (χ1) is 8.71. The van der Waals surface area contributed by atoms with Gasteiger partial charge in [-0.15, -0.1) is 0 Å². The molecule has 0 N–H and O–H groups in total. The third-order valence-corrected chi connectivity index (χ3v) is 3.37. The van der Waals surface area contributed by atoms with Gasteiger partial charge in [-0.2, -0.15) is 30.7 Å². The summed E-state index contributed by atoms with van der Waals surface area (Å²) in [4.78, 5) is 0. The van der Waals surface area contributed by atoms with Crippen LogP contribution in [0.2, 0.25) is 0 Å². The maximum Gasteiger partial charge on any atom is 1.00 e. The van der Waals surface area contributed by atoms with Crippen LogP contribution in [0.1, 0.15) is 38.5 Å². The van der Waals surface area contributed by atoms with E-state index in [4.69, 9.17) is 0 Å². The quantitative estimate of drug-likeness (QED) is 0.272. The van der Waals surface area contributed by atoms with E-state index in [0.29, 0.717) is 0 Å². The molecule has 12 heteroatoms. The summed E-state index contributed by atoms with van der Waals surface area (Å²) in [6.07, 6.45) is -8.37. The van der Waals surface area contributed by atoms with Crippen LogP contribution in [0, 0.1) is 0 Å². The number of rotatable bonds is 8. The van der Waals surface area contributed by atoms with Gasteiger partial charge in [-0.25, -0.2) is 8.42 Å².